The molecular weight excluding hydrogens is 286 g/mol. The molecule has 2 atom stereocenters. The molecule has 0 amide bonds. The minimum atomic E-state index is -4.77. The summed E-state index contributed by atoms with van der Waals surface area (Å²) in [5.41, 5.74) is 3.90. The number of aliphatic hydroxyl groups excluding tert-OH is 1. The first-order valence-electron chi connectivity index (χ1n) is 5.58. The summed E-state index contributed by atoms with van der Waals surface area (Å²) in [7, 11) is 0. The Morgan fingerprint density at radius 1 is 1.32 bits per heavy atom. The fourth-order valence-corrected chi connectivity index (χ4v) is 1.71. The van der Waals surface area contributed by atoms with E-state index in [1.165, 1.54) is 0 Å². The summed E-state index contributed by atoms with van der Waals surface area (Å²) in [6, 6.07) is 1.73. The first-order chi connectivity index (χ1) is 8.29. The van der Waals surface area contributed by atoms with Crippen LogP contribution in [0.1, 0.15) is 36.9 Å². The molecule has 7 heteroatoms. The molecule has 0 bridgehead atoms. The highest BCUT2D eigenvalue weighted by Gasteiger charge is 2.36. The first-order valence-corrected chi connectivity index (χ1v) is 5.58. The van der Waals surface area contributed by atoms with E-state index in [1.54, 1.807) is 6.92 Å². The molecule has 0 unspecified atom stereocenters. The molecule has 0 radical (unpaired) electrons. The van der Waals surface area contributed by atoms with Crippen molar-refractivity contribution in [3.63, 3.8) is 0 Å². The molecule has 0 aliphatic heterocycles. The minimum absolute atomic E-state index is 0. The predicted octanol–water partition coefficient (Wildman–Crippen LogP) is 3.43. The summed E-state index contributed by atoms with van der Waals surface area (Å²) >= 11 is 0. The van der Waals surface area contributed by atoms with E-state index in [0.29, 0.717) is 18.9 Å². The second-order valence-corrected chi connectivity index (χ2v) is 4.09. The monoisotopic (exact) mass is 301 g/mol. The first kappa shape index (κ1) is 18.1. The van der Waals surface area contributed by atoms with Gasteiger partial charge in [-0.3, -0.25) is 0 Å². The minimum Gasteiger partial charge on any atom is -0.391 e. The van der Waals surface area contributed by atoms with Crippen LogP contribution >= 0.6 is 12.4 Å². The molecule has 0 spiro atoms. The molecule has 110 valence electrons. The van der Waals surface area contributed by atoms with Crippen molar-refractivity contribution in [3.05, 3.63) is 35.1 Å². The quantitative estimate of drug-likeness (QED) is 0.837. The maximum absolute atomic E-state index is 13.7. The van der Waals surface area contributed by atoms with E-state index < -0.39 is 29.7 Å². The summed E-state index contributed by atoms with van der Waals surface area (Å²) in [6.45, 7) is 1.79. The number of alkyl halides is 3. The Bertz CT molecular complexity index is 411. The molecule has 0 fully saturated rings. The number of nitrogens with two attached hydrogens (primary N) is 1. The Kier molecular flexibility index (Phi) is 6.76. The third-order valence-electron chi connectivity index (χ3n) is 2.69. The Hall–Kier alpha value is -0.850. The van der Waals surface area contributed by atoms with Crippen molar-refractivity contribution in [2.45, 2.75) is 38.1 Å². The second-order valence-electron chi connectivity index (χ2n) is 4.09. The number of rotatable bonds is 4. The maximum Gasteiger partial charge on any atom is 0.419 e. The van der Waals surface area contributed by atoms with Gasteiger partial charge in [-0.2, -0.15) is 13.2 Å². The molecule has 1 rings (SSSR count). The normalized spacial score (nSPS) is 14.7. The number of hydrogen-bond acceptors (Lipinski definition) is 2. The lowest BCUT2D eigenvalue weighted by molar-refractivity contribution is -0.140. The Balaban J connectivity index is 0.00000324. The van der Waals surface area contributed by atoms with Gasteiger partial charge in [0.25, 0.3) is 0 Å². The average molecular weight is 302 g/mol. The topological polar surface area (TPSA) is 46.2 Å². The van der Waals surface area contributed by atoms with Gasteiger partial charge >= 0.3 is 6.18 Å². The second kappa shape index (κ2) is 7.07. The van der Waals surface area contributed by atoms with Crippen LogP contribution in [0, 0.1) is 5.82 Å². The number of aliphatic hydroxyl groups is 1. The van der Waals surface area contributed by atoms with Gasteiger partial charge in [-0.25, -0.2) is 4.39 Å². The van der Waals surface area contributed by atoms with Crippen LogP contribution in [-0.2, 0) is 6.18 Å². The van der Waals surface area contributed by atoms with Crippen molar-refractivity contribution < 1.29 is 22.7 Å². The Labute approximate surface area is 115 Å². The van der Waals surface area contributed by atoms with E-state index in [-0.39, 0.29) is 18.0 Å². The van der Waals surface area contributed by atoms with Gasteiger partial charge in [-0.15, -0.1) is 12.4 Å². The fourth-order valence-electron chi connectivity index (χ4n) is 1.71. The van der Waals surface area contributed by atoms with Crippen molar-refractivity contribution in [1.82, 2.24) is 0 Å². The lowest BCUT2D eigenvalue weighted by atomic mass is 9.96. The number of hydrogen-bond donors (Lipinski definition) is 2. The molecule has 0 saturated carbocycles. The van der Waals surface area contributed by atoms with Crippen LogP contribution in [-0.4, -0.2) is 11.2 Å². The van der Waals surface area contributed by atoms with Gasteiger partial charge in [0.2, 0.25) is 0 Å². The van der Waals surface area contributed by atoms with Crippen molar-refractivity contribution >= 4 is 12.4 Å². The Morgan fingerprint density at radius 3 is 2.37 bits per heavy atom. The molecule has 0 aromatic heterocycles. The van der Waals surface area contributed by atoms with Gasteiger partial charge in [0.15, 0.2) is 0 Å². The number of halogens is 5. The highest BCUT2D eigenvalue weighted by Crippen LogP contribution is 2.34. The molecule has 1 aromatic rings. The largest absolute Gasteiger partial charge is 0.419 e. The van der Waals surface area contributed by atoms with Crippen molar-refractivity contribution in [2.75, 3.05) is 0 Å². The molecule has 0 aliphatic rings. The van der Waals surface area contributed by atoms with Gasteiger partial charge in [-0.05, 0) is 12.5 Å². The van der Waals surface area contributed by atoms with Gasteiger partial charge in [0.05, 0.1) is 17.7 Å². The fraction of sp³-hybridized carbons (Fsp3) is 0.500. The van der Waals surface area contributed by atoms with Crippen LogP contribution in [0.15, 0.2) is 18.2 Å². The predicted molar refractivity (Wildman–Crippen MR) is 66.5 cm³/mol. The van der Waals surface area contributed by atoms with E-state index in [1.807, 2.05) is 0 Å². The van der Waals surface area contributed by atoms with E-state index in [4.69, 9.17) is 5.73 Å². The standard InChI is InChI=1S/C12H15F4NO.ClH/c1-2-4-9(18)11(17)7-5-3-6-8(10(7)13)12(14,15)16;/h3,5-6,9,11,18H,2,4,17H2,1H3;1H/t9-,11+;/m0./s1. The molecule has 1 aromatic carbocycles. The smallest absolute Gasteiger partial charge is 0.391 e. The van der Waals surface area contributed by atoms with Crippen molar-refractivity contribution in [2.24, 2.45) is 5.73 Å². The number of benzene rings is 1. The van der Waals surface area contributed by atoms with E-state index in [9.17, 15) is 22.7 Å². The van der Waals surface area contributed by atoms with Crippen LogP contribution in [0.2, 0.25) is 0 Å². The summed E-state index contributed by atoms with van der Waals surface area (Å²) < 4.78 is 51.2. The lowest BCUT2D eigenvalue weighted by Gasteiger charge is -2.20. The molecule has 3 N–H and O–H groups in total. The van der Waals surface area contributed by atoms with Crippen molar-refractivity contribution in [1.29, 1.82) is 0 Å². The summed E-state index contributed by atoms with van der Waals surface area (Å²) in [6.07, 6.45) is -4.92. The SMILES string of the molecule is CCC[C@H](O)[C@H](N)c1cccc(C(F)(F)F)c1F.Cl. The molecule has 2 nitrogen and oxygen atoms in total. The van der Waals surface area contributed by atoms with Crippen LogP contribution in [0.25, 0.3) is 0 Å². The van der Waals surface area contributed by atoms with E-state index >= 15 is 0 Å². The highest BCUT2D eigenvalue weighted by molar-refractivity contribution is 5.85. The lowest BCUT2D eigenvalue weighted by Crippen LogP contribution is -2.27. The third kappa shape index (κ3) is 4.33. The van der Waals surface area contributed by atoms with Crippen LogP contribution < -0.4 is 5.73 Å². The van der Waals surface area contributed by atoms with Crippen molar-refractivity contribution in [3.8, 4) is 0 Å². The Morgan fingerprint density at radius 2 is 1.89 bits per heavy atom. The van der Waals surface area contributed by atoms with Crippen LogP contribution in [0.4, 0.5) is 17.6 Å². The van der Waals surface area contributed by atoms with Gasteiger partial charge in [-0.1, -0.05) is 25.5 Å². The van der Waals surface area contributed by atoms with Gasteiger partial charge in [0.1, 0.15) is 5.82 Å². The van der Waals surface area contributed by atoms with E-state index in [0.717, 1.165) is 12.1 Å². The van der Waals surface area contributed by atoms with Crippen LogP contribution in [0.5, 0.6) is 0 Å². The zero-order valence-corrected chi connectivity index (χ0v) is 11.1. The summed E-state index contributed by atoms with van der Waals surface area (Å²) in [4.78, 5) is 0. The molecular formula is C12H16ClF4NO. The molecule has 0 saturated heterocycles. The average Bonchev–Trinajstić information content (AvgIpc) is 2.27. The van der Waals surface area contributed by atoms with E-state index in [2.05, 4.69) is 0 Å². The third-order valence-corrected chi connectivity index (χ3v) is 2.69. The van der Waals surface area contributed by atoms with Gasteiger partial charge in [0, 0.05) is 5.56 Å². The molecule has 19 heavy (non-hydrogen) atoms. The maximum atomic E-state index is 13.7. The van der Waals surface area contributed by atoms with Crippen LogP contribution in [0.3, 0.4) is 0 Å². The summed E-state index contributed by atoms with van der Waals surface area (Å²) in [5.74, 6) is -1.41. The highest BCUT2D eigenvalue weighted by atomic mass is 35.5. The summed E-state index contributed by atoms with van der Waals surface area (Å²) in [5, 5.41) is 9.62. The zero-order valence-electron chi connectivity index (χ0n) is 10.2. The molecule has 0 heterocycles. The van der Waals surface area contributed by atoms with Gasteiger partial charge < -0.3 is 10.8 Å². The molecule has 0 aliphatic carbocycles. The zero-order chi connectivity index (χ0) is 13.9.